The molecular weight excluding hydrogens is 224 g/mol. The summed E-state index contributed by atoms with van der Waals surface area (Å²) in [6.07, 6.45) is 0. The largest absolute Gasteiger partial charge is 0.481 e. The van der Waals surface area contributed by atoms with Gasteiger partial charge in [0.25, 0.3) is 5.69 Å². The van der Waals surface area contributed by atoms with Gasteiger partial charge >= 0.3 is 5.97 Å². The minimum atomic E-state index is -1.13. The van der Waals surface area contributed by atoms with Crippen LogP contribution in [0.1, 0.15) is 25.5 Å². The molecule has 0 aliphatic heterocycles. The second kappa shape index (κ2) is 4.50. The van der Waals surface area contributed by atoms with Crippen molar-refractivity contribution >= 4 is 11.7 Å². The minimum Gasteiger partial charge on any atom is -0.481 e. The second-order valence-corrected chi connectivity index (χ2v) is 4.35. The molecule has 6 nitrogen and oxygen atoms in total. The Morgan fingerprint density at radius 3 is 2.24 bits per heavy atom. The number of nitrogens with zero attached hydrogens (tertiary/aromatic N) is 1. The van der Waals surface area contributed by atoms with Crippen LogP contribution in [0.25, 0.3) is 0 Å². The van der Waals surface area contributed by atoms with Gasteiger partial charge in [0, 0.05) is 18.2 Å². The Hall–Kier alpha value is -1.95. The molecule has 0 saturated heterocycles. The highest BCUT2D eigenvalue weighted by atomic mass is 16.6. The third-order valence-electron chi connectivity index (χ3n) is 2.79. The van der Waals surface area contributed by atoms with E-state index in [0.717, 1.165) is 0 Å². The molecule has 1 rings (SSSR count). The zero-order valence-electron chi connectivity index (χ0n) is 9.58. The number of hydrogen-bond acceptors (Lipinski definition) is 4. The molecule has 0 spiro atoms. The first-order valence-electron chi connectivity index (χ1n) is 5.00. The topological polar surface area (TPSA) is 106 Å². The van der Waals surface area contributed by atoms with Gasteiger partial charge in [0.15, 0.2) is 0 Å². The number of aliphatic carboxylic acids is 1. The molecular formula is C11H14N2O4. The van der Waals surface area contributed by atoms with E-state index < -0.39 is 22.3 Å². The quantitative estimate of drug-likeness (QED) is 0.613. The van der Waals surface area contributed by atoms with Crippen LogP contribution in [0.3, 0.4) is 0 Å². The van der Waals surface area contributed by atoms with E-state index in [0.29, 0.717) is 5.56 Å². The maximum atomic E-state index is 11.0. The first kappa shape index (κ1) is 13.1. The van der Waals surface area contributed by atoms with Crippen molar-refractivity contribution in [1.29, 1.82) is 0 Å². The molecule has 3 N–H and O–H groups in total. The lowest BCUT2D eigenvalue weighted by molar-refractivity contribution is -0.384. The standard InChI is InChI=1S/C11H14N2O4/c1-11(2,10(14)15)9(12)7-3-5-8(6-4-7)13(16)17/h3-6,9H,12H2,1-2H3,(H,14,15)/t9-/m1/s1. The number of nitro benzene ring substituents is 1. The molecule has 0 unspecified atom stereocenters. The number of nitro groups is 1. The Labute approximate surface area is 98.2 Å². The van der Waals surface area contributed by atoms with Crippen LogP contribution in [0.15, 0.2) is 24.3 Å². The maximum absolute atomic E-state index is 11.0. The van der Waals surface area contributed by atoms with Gasteiger partial charge in [0.1, 0.15) is 0 Å². The third-order valence-corrected chi connectivity index (χ3v) is 2.79. The summed E-state index contributed by atoms with van der Waals surface area (Å²) in [6, 6.07) is 4.86. The molecule has 1 aromatic rings. The molecule has 0 amide bonds. The van der Waals surface area contributed by atoms with E-state index in [1.807, 2.05) is 0 Å². The SMILES string of the molecule is CC(C)(C(=O)O)[C@H](N)c1ccc([N+](=O)[O-])cc1. The van der Waals surface area contributed by atoms with Gasteiger partial charge in [-0.2, -0.15) is 0 Å². The predicted octanol–water partition coefficient (Wildman–Crippen LogP) is 1.71. The Morgan fingerprint density at radius 1 is 1.41 bits per heavy atom. The fourth-order valence-electron chi connectivity index (χ4n) is 1.35. The third kappa shape index (κ3) is 2.59. The van der Waals surface area contributed by atoms with Gasteiger partial charge in [-0.3, -0.25) is 14.9 Å². The lowest BCUT2D eigenvalue weighted by Crippen LogP contribution is -2.36. The Morgan fingerprint density at radius 2 is 1.88 bits per heavy atom. The smallest absolute Gasteiger partial charge is 0.311 e. The van der Waals surface area contributed by atoms with Crippen molar-refractivity contribution in [3.05, 3.63) is 39.9 Å². The molecule has 92 valence electrons. The van der Waals surface area contributed by atoms with Crippen molar-refractivity contribution in [1.82, 2.24) is 0 Å². The van der Waals surface area contributed by atoms with Gasteiger partial charge in [-0.1, -0.05) is 12.1 Å². The van der Waals surface area contributed by atoms with Crippen LogP contribution >= 0.6 is 0 Å². The zero-order chi connectivity index (χ0) is 13.2. The maximum Gasteiger partial charge on any atom is 0.311 e. The van der Waals surface area contributed by atoms with Crippen LogP contribution in [0, 0.1) is 15.5 Å². The van der Waals surface area contributed by atoms with Gasteiger partial charge in [-0.15, -0.1) is 0 Å². The van der Waals surface area contributed by atoms with Crippen LogP contribution in [0.4, 0.5) is 5.69 Å². The van der Waals surface area contributed by atoms with Crippen molar-refractivity contribution < 1.29 is 14.8 Å². The summed E-state index contributed by atoms with van der Waals surface area (Å²) < 4.78 is 0. The van der Waals surface area contributed by atoms with E-state index in [4.69, 9.17) is 10.8 Å². The van der Waals surface area contributed by atoms with Gasteiger partial charge in [-0.25, -0.2) is 0 Å². The molecule has 0 aromatic heterocycles. The summed E-state index contributed by atoms with van der Waals surface area (Å²) in [7, 11) is 0. The molecule has 0 fully saturated rings. The highest BCUT2D eigenvalue weighted by molar-refractivity contribution is 5.75. The Balaban J connectivity index is 3.02. The van der Waals surface area contributed by atoms with Crippen LogP contribution in [0.5, 0.6) is 0 Å². The predicted molar refractivity (Wildman–Crippen MR) is 61.4 cm³/mol. The molecule has 0 radical (unpaired) electrons. The minimum absolute atomic E-state index is 0.0471. The molecule has 0 saturated carbocycles. The molecule has 0 heterocycles. The van der Waals surface area contributed by atoms with E-state index in [2.05, 4.69) is 0 Å². The summed E-state index contributed by atoms with van der Waals surface area (Å²) in [5, 5.41) is 19.5. The number of nitrogens with two attached hydrogens (primary N) is 1. The monoisotopic (exact) mass is 238 g/mol. The van der Waals surface area contributed by atoms with Crippen molar-refractivity contribution in [3.8, 4) is 0 Å². The average Bonchev–Trinajstić information content (AvgIpc) is 2.27. The summed E-state index contributed by atoms with van der Waals surface area (Å²) >= 11 is 0. The summed E-state index contributed by atoms with van der Waals surface area (Å²) in [5.74, 6) is -1.01. The fraction of sp³-hybridized carbons (Fsp3) is 0.364. The number of rotatable bonds is 4. The molecule has 0 aliphatic carbocycles. The van der Waals surface area contributed by atoms with E-state index >= 15 is 0 Å². The molecule has 17 heavy (non-hydrogen) atoms. The van der Waals surface area contributed by atoms with Crippen molar-refractivity contribution in [3.63, 3.8) is 0 Å². The summed E-state index contributed by atoms with van der Waals surface area (Å²) in [6.45, 7) is 3.03. The van der Waals surface area contributed by atoms with E-state index in [9.17, 15) is 14.9 Å². The first-order chi connectivity index (χ1) is 7.76. The van der Waals surface area contributed by atoms with Crippen LogP contribution in [-0.2, 0) is 4.79 Å². The van der Waals surface area contributed by atoms with E-state index in [-0.39, 0.29) is 5.69 Å². The van der Waals surface area contributed by atoms with Crippen molar-refractivity contribution in [2.45, 2.75) is 19.9 Å². The number of carbonyl (C=O) groups is 1. The van der Waals surface area contributed by atoms with Gasteiger partial charge in [0.05, 0.1) is 10.3 Å². The Bertz CT molecular complexity index is 439. The highest BCUT2D eigenvalue weighted by Gasteiger charge is 2.35. The summed E-state index contributed by atoms with van der Waals surface area (Å²) in [4.78, 5) is 21.0. The highest BCUT2D eigenvalue weighted by Crippen LogP contribution is 2.32. The molecule has 6 heteroatoms. The van der Waals surface area contributed by atoms with E-state index in [1.165, 1.54) is 38.1 Å². The molecule has 0 aliphatic rings. The van der Waals surface area contributed by atoms with Crippen LogP contribution in [-0.4, -0.2) is 16.0 Å². The van der Waals surface area contributed by atoms with Gasteiger partial charge in [0.2, 0.25) is 0 Å². The lowest BCUT2D eigenvalue weighted by Gasteiger charge is -2.27. The second-order valence-electron chi connectivity index (χ2n) is 4.35. The lowest BCUT2D eigenvalue weighted by atomic mass is 9.81. The van der Waals surface area contributed by atoms with Gasteiger partial charge < -0.3 is 10.8 Å². The zero-order valence-corrected chi connectivity index (χ0v) is 9.58. The number of non-ortho nitro benzene ring substituents is 1. The van der Waals surface area contributed by atoms with Crippen molar-refractivity contribution in [2.75, 3.05) is 0 Å². The summed E-state index contributed by atoms with van der Waals surface area (Å²) in [5.41, 5.74) is 5.23. The Kier molecular flexibility index (Phi) is 3.47. The molecule has 1 aromatic carbocycles. The van der Waals surface area contributed by atoms with Crippen LogP contribution in [0.2, 0.25) is 0 Å². The first-order valence-corrected chi connectivity index (χ1v) is 5.00. The molecule has 1 atom stereocenters. The number of carboxylic acids is 1. The van der Waals surface area contributed by atoms with E-state index in [1.54, 1.807) is 0 Å². The average molecular weight is 238 g/mol. The normalized spacial score (nSPS) is 13.1. The number of hydrogen-bond donors (Lipinski definition) is 2. The van der Waals surface area contributed by atoms with Crippen LogP contribution < -0.4 is 5.73 Å². The van der Waals surface area contributed by atoms with Crippen molar-refractivity contribution in [2.24, 2.45) is 11.1 Å². The number of benzene rings is 1. The molecule has 0 bridgehead atoms. The fourth-order valence-corrected chi connectivity index (χ4v) is 1.35. The number of carboxylic acid groups (broad SMARTS) is 1. The van der Waals surface area contributed by atoms with Gasteiger partial charge in [-0.05, 0) is 19.4 Å².